The van der Waals surface area contributed by atoms with Crippen molar-refractivity contribution < 1.29 is 0 Å². The van der Waals surface area contributed by atoms with Crippen molar-refractivity contribution in [3.05, 3.63) is 103 Å². The normalized spacial score (nSPS) is 12.6. The molecule has 0 N–H and O–H groups in total. The minimum atomic E-state index is 0.711. The van der Waals surface area contributed by atoms with E-state index in [4.69, 9.17) is 9.97 Å². The molecule has 158 valence electrons. The molecule has 3 nitrogen and oxygen atoms in total. The Bertz CT molecular complexity index is 1950. The molecule has 0 radical (unpaired) electrons. The highest BCUT2D eigenvalue weighted by molar-refractivity contribution is 7.99. The molecule has 7 aromatic rings. The fourth-order valence-corrected chi connectivity index (χ4v) is 6.37. The number of para-hydroxylation sites is 1. The van der Waals surface area contributed by atoms with Gasteiger partial charge in [0.1, 0.15) is 0 Å². The van der Waals surface area contributed by atoms with Gasteiger partial charge in [0.15, 0.2) is 0 Å². The topological polar surface area (TPSA) is 30.7 Å². The van der Waals surface area contributed by atoms with Crippen LogP contribution in [0.1, 0.15) is 0 Å². The molecule has 0 saturated heterocycles. The highest BCUT2D eigenvalue weighted by Gasteiger charge is 2.23. The summed E-state index contributed by atoms with van der Waals surface area (Å²) in [5, 5.41) is 6.02. The molecular weight excluding hydrogens is 434 g/mol. The van der Waals surface area contributed by atoms with Gasteiger partial charge in [-0.2, -0.15) is 0 Å². The van der Waals surface area contributed by atoms with Crippen molar-refractivity contribution in [3.63, 3.8) is 0 Å². The Hall–Kier alpha value is -4.15. The number of fused-ring (bicyclic) bond motifs is 6. The second kappa shape index (κ2) is 6.69. The largest absolute Gasteiger partial charge is 0.278 e. The van der Waals surface area contributed by atoms with Gasteiger partial charge < -0.3 is 0 Å². The molecule has 1 aliphatic rings. The van der Waals surface area contributed by atoms with E-state index in [1.165, 1.54) is 36.9 Å². The number of aromatic nitrogens is 3. The fraction of sp³-hybridized carbons (Fsp3) is 0. The first-order chi connectivity index (χ1) is 16.8. The van der Waals surface area contributed by atoms with E-state index in [0.717, 1.165) is 27.6 Å². The Kier molecular flexibility index (Phi) is 3.60. The van der Waals surface area contributed by atoms with E-state index in [0.29, 0.717) is 5.95 Å². The van der Waals surface area contributed by atoms with Gasteiger partial charge in [0.25, 0.3) is 0 Å². The van der Waals surface area contributed by atoms with Gasteiger partial charge in [0.2, 0.25) is 5.95 Å². The third-order valence-electron chi connectivity index (χ3n) is 6.78. The zero-order valence-corrected chi connectivity index (χ0v) is 18.9. The zero-order valence-electron chi connectivity index (χ0n) is 18.1. The zero-order chi connectivity index (χ0) is 22.2. The lowest BCUT2D eigenvalue weighted by molar-refractivity contribution is 1.01. The Morgan fingerprint density at radius 3 is 2.29 bits per heavy atom. The maximum atomic E-state index is 5.23. The molecule has 5 aromatic carbocycles. The Labute approximate surface area is 199 Å². The van der Waals surface area contributed by atoms with Gasteiger partial charge in [-0.25, -0.2) is 9.97 Å². The van der Waals surface area contributed by atoms with Crippen LogP contribution in [-0.2, 0) is 0 Å². The third kappa shape index (κ3) is 2.43. The minimum absolute atomic E-state index is 0.711. The Morgan fingerprint density at radius 2 is 1.35 bits per heavy atom. The fourth-order valence-electron chi connectivity index (χ4n) is 5.26. The number of hydrogen-bond donors (Lipinski definition) is 0. The molecular formula is C30H17N3S. The quantitative estimate of drug-likeness (QED) is 0.253. The Balaban J connectivity index is 1.54. The molecule has 0 atom stereocenters. The Morgan fingerprint density at radius 1 is 0.588 bits per heavy atom. The van der Waals surface area contributed by atoms with Gasteiger partial charge in [-0.15, -0.1) is 0 Å². The first-order valence-electron chi connectivity index (χ1n) is 11.4. The van der Waals surface area contributed by atoms with Crippen LogP contribution in [0.4, 0.5) is 0 Å². The molecule has 34 heavy (non-hydrogen) atoms. The predicted octanol–water partition coefficient (Wildman–Crippen LogP) is 8.01. The van der Waals surface area contributed by atoms with Crippen molar-refractivity contribution >= 4 is 55.2 Å². The lowest BCUT2D eigenvalue weighted by atomic mass is 10.1. The van der Waals surface area contributed by atoms with Crippen molar-refractivity contribution in [3.8, 4) is 17.2 Å². The summed E-state index contributed by atoms with van der Waals surface area (Å²) in [5.74, 6) is 0.711. The molecule has 0 amide bonds. The molecule has 2 aromatic heterocycles. The smallest absolute Gasteiger partial charge is 0.235 e. The van der Waals surface area contributed by atoms with Gasteiger partial charge >= 0.3 is 0 Å². The number of benzene rings is 5. The third-order valence-corrected chi connectivity index (χ3v) is 7.91. The first-order valence-corrected chi connectivity index (χ1v) is 12.2. The molecule has 0 saturated carbocycles. The van der Waals surface area contributed by atoms with Gasteiger partial charge in [0, 0.05) is 31.5 Å². The van der Waals surface area contributed by atoms with E-state index in [1.807, 2.05) is 0 Å². The number of rotatable bonds is 1. The molecule has 8 rings (SSSR count). The van der Waals surface area contributed by atoms with Crippen LogP contribution in [-0.4, -0.2) is 14.5 Å². The van der Waals surface area contributed by atoms with Crippen LogP contribution in [0.3, 0.4) is 0 Å². The molecule has 0 fully saturated rings. The van der Waals surface area contributed by atoms with Crippen LogP contribution >= 0.6 is 11.8 Å². The van der Waals surface area contributed by atoms with Gasteiger partial charge in [-0.05, 0) is 47.2 Å². The first kappa shape index (κ1) is 18.3. The summed E-state index contributed by atoms with van der Waals surface area (Å²) in [6, 6.07) is 36.5. The lowest BCUT2D eigenvalue weighted by Crippen LogP contribution is -2.05. The maximum absolute atomic E-state index is 5.23. The van der Waals surface area contributed by atoms with Crippen molar-refractivity contribution in [2.24, 2.45) is 0 Å². The van der Waals surface area contributed by atoms with E-state index in [-0.39, 0.29) is 0 Å². The summed E-state index contributed by atoms with van der Waals surface area (Å²) in [4.78, 5) is 12.8. The molecule has 4 heteroatoms. The monoisotopic (exact) mass is 451 g/mol. The van der Waals surface area contributed by atoms with Crippen LogP contribution in [0, 0.1) is 0 Å². The van der Waals surface area contributed by atoms with E-state index in [1.54, 1.807) is 11.8 Å². The summed E-state index contributed by atoms with van der Waals surface area (Å²) in [6.07, 6.45) is 0. The molecule has 0 bridgehead atoms. The highest BCUT2D eigenvalue weighted by atomic mass is 32.2. The summed E-state index contributed by atoms with van der Waals surface area (Å²) in [7, 11) is 0. The van der Waals surface area contributed by atoms with Gasteiger partial charge in [-0.1, -0.05) is 78.5 Å². The van der Waals surface area contributed by atoms with E-state index < -0.39 is 0 Å². The standard InChI is InChI=1S/C30H17N3S/c1-2-9-19-17-25-22(16-18(19)8-1)20-10-3-5-13-24(20)33(25)30-31-23-12-7-15-27-28(23)29(32-30)21-11-4-6-14-26(21)34-27/h1-17H. The summed E-state index contributed by atoms with van der Waals surface area (Å²) in [5.41, 5.74) is 5.41. The van der Waals surface area contributed by atoms with Crippen LogP contribution in [0.25, 0.3) is 60.7 Å². The summed E-state index contributed by atoms with van der Waals surface area (Å²) in [6.45, 7) is 0. The lowest BCUT2D eigenvalue weighted by Gasteiger charge is -2.20. The average molecular weight is 452 g/mol. The second-order valence-electron chi connectivity index (χ2n) is 8.69. The van der Waals surface area contributed by atoms with Crippen molar-refractivity contribution in [2.45, 2.75) is 9.79 Å². The molecule has 3 heterocycles. The highest BCUT2D eigenvalue weighted by Crippen LogP contribution is 2.47. The molecule has 0 unspecified atom stereocenters. The summed E-state index contributed by atoms with van der Waals surface area (Å²) < 4.78 is 2.23. The van der Waals surface area contributed by atoms with Crippen molar-refractivity contribution in [2.75, 3.05) is 0 Å². The molecule has 1 aliphatic heterocycles. The summed E-state index contributed by atoms with van der Waals surface area (Å²) >= 11 is 1.80. The van der Waals surface area contributed by atoms with Crippen LogP contribution < -0.4 is 0 Å². The van der Waals surface area contributed by atoms with E-state index >= 15 is 0 Å². The van der Waals surface area contributed by atoms with Gasteiger partial charge in [-0.3, -0.25) is 4.57 Å². The van der Waals surface area contributed by atoms with Crippen LogP contribution in [0.15, 0.2) is 113 Å². The van der Waals surface area contributed by atoms with Crippen molar-refractivity contribution in [1.82, 2.24) is 14.5 Å². The van der Waals surface area contributed by atoms with Gasteiger partial charge in [0.05, 0.1) is 22.2 Å². The van der Waals surface area contributed by atoms with Crippen molar-refractivity contribution in [1.29, 1.82) is 0 Å². The minimum Gasteiger partial charge on any atom is -0.278 e. The second-order valence-corrected chi connectivity index (χ2v) is 9.77. The van der Waals surface area contributed by atoms with Crippen LogP contribution in [0.5, 0.6) is 0 Å². The number of hydrogen-bond acceptors (Lipinski definition) is 3. The molecule has 0 aliphatic carbocycles. The van der Waals surface area contributed by atoms with E-state index in [2.05, 4.69) is 108 Å². The maximum Gasteiger partial charge on any atom is 0.235 e. The van der Waals surface area contributed by atoms with E-state index in [9.17, 15) is 0 Å². The SMILES string of the molecule is c1ccc2c(c1)Sc1cccc3nc(-n4c5ccccc5c5cc6ccccc6cc54)nc-2c13. The van der Waals surface area contributed by atoms with Crippen LogP contribution in [0.2, 0.25) is 0 Å². The molecule has 0 spiro atoms. The predicted molar refractivity (Wildman–Crippen MR) is 141 cm³/mol. The number of nitrogens with zero attached hydrogens (tertiary/aromatic N) is 3. The average Bonchev–Trinajstić information content (AvgIpc) is 3.20.